The molecular formula is C15H17FN2S. The van der Waals surface area contributed by atoms with E-state index >= 15 is 0 Å². The number of hydrogen-bond acceptors (Lipinski definition) is 3. The number of nitrogens with one attached hydrogen (secondary N) is 1. The molecule has 0 aliphatic heterocycles. The molecule has 0 bridgehead atoms. The molecule has 0 saturated heterocycles. The van der Waals surface area contributed by atoms with Crippen molar-refractivity contribution >= 4 is 11.3 Å². The lowest BCUT2D eigenvalue weighted by atomic mass is 9.98. The number of halogens is 1. The third kappa shape index (κ3) is 2.69. The third-order valence-corrected chi connectivity index (χ3v) is 4.72. The average Bonchev–Trinajstić information content (AvgIpc) is 2.80. The molecule has 2 nitrogen and oxygen atoms in total. The van der Waals surface area contributed by atoms with Crippen LogP contribution in [0, 0.1) is 5.82 Å². The van der Waals surface area contributed by atoms with Gasteiger partial charge in [0.15, 0.2) is 0 Å². The lowest BCUT2D eigenvalue weighted by Crippen LogP contribution is -2.21. The molecule has 1 aliphatic carbocycles. The zero-order chi connectivity index (χ0) is 13.2. The predicted octanol–water partition coefficient (Wildman–Crippen LogP) is 3.47. The normalized spacial score (nSPS) is 18.3. The lowest BCUT2D eigenvalue weighted by Gasteiger charge is -2.19. The number of aromatic nitrogens is 1. The fourth-order valence-corrected chi connectivity index (χ4v) is 3.85. The van der Waals surface area contributed by atoms with Crippen LogP contribution in [0.1, 0.15) is 40.0 Å². The molecule has 1 atom stereocenters. The Morgan fingerprint density at radius 2 is 2.37 bits per heavy atom. The van der Waals surface area contributed by atoms with Crippen molar-refractivity contribution in [2.45, 2.75) is 31.7 Å². The minimum absolute atomic E-state index is 0.174. The van der Waals surface area contributed by atoms with Crippen LogP contribution >= 0.6 is 11.3 Å². The van der Waals surface area contributed by atoms with Crippen LogP contribution in [0.5, 0.6) is 0 Å². The molecule has 0 saturated carbocycles. The van der Waals surface area contributed by atoms with E-state index in [0.717, 1.165) is 29.8 Å². The summed E-state index contributed by atoms with van der Waals surface area (Å²) in [6.45, 7) is 0. The molecule has 100 valence electrons. The van der Waals surface area contributed by atoms with Crippen LogP contribution in [0.25, 0.3) is 0 Å². The van der Waals surface area contributed by atoms with Crippen LogP contribution in [0.2, 0.25) is 0 Å². The van der Waals surface area contributed by atoms with Crippen LogP contribution in [-0.2, 0) is 12.8 Å². The topological polar surface area (TPSA) is 24.9 Å². The van der Waals surface area contributed by atoms with Crippen molar-refractivity contribution in [2.75, 3.05) is 7.05 Å². The first-order valence-electron chi connectivity index (χ1n) is 6.66. The first-order valence-corrected chi connectivity index (χ1v) is 7.48. The molecule has 1 aliphatic rings. The monoisotopic (exact) mass is 276 g/mol. The van der Waals surface area contributed by atoms with Crippen LogP contribution in [0.3, 0.4) is 0 Å². The Hall–Kier alpha value is -1.26. The van der Waals surface area contributed by atoms with Gasteiger partial charge in [-0.3, -0.25) is 0 Å². The van der Waals surface area contributed by atoms with Gasteiger partial charge in [-0.05, 0) is 44.0 Å². The molecule has 1 unspecified atom stereocenters. The standard InChI is InChI=1S/C15H17FN2S/c1-17-12-6-3-7-13-15(12)18-14(19-13)9-10-4-2-5-11(16)8-10/h2,4-5,8,12,17H,3,6-7,9H2,1H3. The van der Waals surface area contributed by atoms with E-state index in [0.29, 0.717) is 6.04 Å². The van der Waals surface area contributed by atoms with Crippen molar-refractivity contribution in [3.63, 3.8) is 0 Å². The van der Waals surface area contributed by atoms with Crippen LogP contribution < -0.4 is 5.32 Å². The summed E-state index contributed by atoms with van der Waals surface area (Å²) in [4.78, 5) is 6.16. The average molecular weight is 276 g/mol. The van der Waals surface area contributed by atoms with Gasteiger partial charge < -0.3 is 5.32 Å². The number of rotatable bonds is 3. The molecule has 1 heterocycles. The van der Waals surface area contributed by atoms with E-state index in [1.807, 2.05) is 13.1 Å². The molecule has 1 N–H and O–H groups in total. The van der Waals surface area contributed by atoms with E-state index in [1.54, 1.807) is 23.5 Å². The van der Waals surface area contributed by atoms with E-state index in [9.17, 15) is 4.39 Å². The van der Waals surface area contributed by atoms with E-state index in [2.05, 4.69) is 5.32 Å². The molecular weight excluding hydrogens is 259 g/mol. The highest BCUT2D eigenvalue weighted by atomic mass is 32.1. The second-order valence-corrected chi connectivity index (χ2v) is 6.12. The number of hydrogen-bond donors (Lipinski definition) is 1. The number of fused-ring (bicyclic) bond motifs is 1. The molecule has 4 heteroatoms. The second kappa shape index (κ2) is 5.39. The van der Waals surface area contributed by atoms with Gasteiger partial charge >= 0.3 is 0 Å². The Kier molecular flexibility index (Phi) is 3.62. The van der Waals surface area contributed by atoms with Crippen molar-refractivity contribution < 1.29 is 4.39 Å². The van der Waals surface area contributed by atoms with Gasteiger partial charge in [0, 0.05) is 11.3 Å². The zero-order valence-corrected chi connectivity index (χ0v) is 11.8. The van der Waals surface area contributed by atoms with Gasteiger partial charge in [0.1, 0.15) is 5.82 Å². The summed E-state index contributed by atoms with van der Waals surface area (Å²) in [6.07, 6.45) is 4.24. The molecule has 0 radical (unpaired) electrons. The first kappa shape index (κ1) is 12.8. The minimum Gasteiger partial charge on any atom is -0.312 e. The second-order valence-electron chi connectivity index (χ2n) is 4.96. The summed E-state index contributed by atoms with van der Waals surface area (Å²) in [7, 11) is 1.99. The summed E-state index contributed by atoms with van der Waals surface area (Å²) >= 11 is 1.78. The molecule has 3 rings (SSSR count). The van der Waals surface area contributed by atoms with Crippen molar-refractivity contribution in [3.8, 4) is 0 Å². The maximum atomic E-state index is 13.2. The smallest absolute Gasteiger partial charge is 0.123 e. The Morgan fingerprint density at radius 1 is 1.47 bits per heavy atom. The molecule has 1 aromatic carbocycles. The summed E-state index contributed by atoms with van der Waals surface area (Å²) in [5, 5.41) is 4.43. The van der Waals surface area contributed by atoms with Crippen molar-refractivity contribution in [1.29, 1.82) is 0 Å². The summed E-state index contributed by atoms with van der Waals surface area (Å²) in [6, 6.07) is 7.18. The Balaban J connectivity index is 1.85. The van der Waals surface area contributed by atoms with Crippen LogP contribution in [0.4, 0.5) is 4.39 Å². The predicted molar refractivity (Wildman–Crippen MR) is 76.1 cm³/mol. The van der Waals surface area contributed by atoms with Crippen molar-refractivity contribution in [3.05, 3.63) is 51.2 Å². The largest absolute Gasteiger partial charge is 0.312 e. The van der Waals surface area contributed by atoms with E-state index in [4.69, 9.17) is 4.98 Å². The molecule has 19 heavy (non-hydrogen) atoms. The molecule has 0 fully saturated rings. The number of aryl methyl sites for hydroxylation is 1. The Labute approximate surface area is 116 Å². The van der Waals surface area contributed by atoms with Gasteiger partial charge in [0.25, 0.3) is 0 Å². The van der Waals surface area contributed by atoms with Gasteiger partial charge in [-0.25, -0.2) is 9.37 Å². The first-order chi connectivity index (χ1) is 9.26. The summed E-state index contributed by atoms with van der Waals surface area (Å²) < 4.78 is 13.2. The number of thiazole rings is 1. The highest BCUT2D eigenvalue weighted by molar-refractivity contribution is 7.11. The lowest BCUT2D eigenvalue weighted by molar-refractivity contribution is 0.489. The van der Waals surface area contributed by atoms with Crippen molar-refractivity contribution in [1.82, 2.24) is 10.3 Å². The quantitative estimate of drug-likeness (QED) is 0.928. The van der Waals surface area contributed by atoms with Crippen molar-refractivity contribution in [2.24, 2.45) is 0 Å². The van der Waals surface area contributed by atoms with Crippen LogP contribution in [0.15, 0.2) is 24.3 Å². The van der Waals surface area contributed by atoms with Gasteiger partial charge in [0.2, 0.25) is 0 Å². The SMILES string of the molecule is CNC1CCCc2sc(Cc3cccc(F)c3)nc21. The van der Waals surface area contributed by atoms with E-state index < -0.39 is 0 Å². The van der Waals surface area contributed by atoms with E-state index in [1.165, 1.54) is 23.1 Å². The zero-order valence-electron chi connectivity index (χ0n) is 10.9. The highest BCUT2D eigenvalue weighted by Gasteiger charge is 2.23. The Morgan fingerprint density at radius 3 is 3.16 bits per heavy atom. The fraction of sp³-hybridized carbons (Fsp3) is 0.400. The molecule has 2 aromatic rings. The Bertz CT molecular complexity index is 579. The summed E-state index contributed by atoms with van der Waals surface area (Å²) in [5.74, 6) is -0.174. The third-order valence-electron chi connectivity index (χ3n) is 3.59. The molecule has 0 spiro atoms. The van der Waals surface area contributed by atoms with Crippen LogP contribution in [-0.4, -0.2) is 12.0 Å². The van der Waals surface area contributed by atoms with Gasteiger partial charge in [-0.15, -0.1) is 11.3 Å². The molecule has 1 aromatic heterocycles. The number of nitrogens with zero attached hydrogens (tertiary/aromatic N) is 1. The van der Waals surface area contributed by atoms with Gasteiger partial charge in [0.05, 0.1) is 16.7 Å². The maximum Gasteiger partial charge on any atom is 0.123 e. The highest BCUT2D eigenvalue weighted by Crippen LogP contribution is 2.33. The maximum absolute atomic E-state index is 13.2. The van der Waals surface area contributed by atoms with Gasteiger partial charge in [-0.1, -0.05) is 12.1 Å². The van der Waals surface area contributed by atoms with Gasteiger partial charge in [-0.2, -0.15) is 0 Å². The fourth-order valence-electron chi connectivity index (χ4n) is 2.65. The molecule has 0 amide bonds. The summed E-state index contributed by atoms with van der Waals surface area (Å²) in [5.41, 5.74) is 2.21. The minimum atomic E-state index is -0.174. The number of benzene rings is 1. The van der Waals surface area contributed by atoms with E-state index in [-0.39, 0.29) is 5.82 Å².